The fraction of sp³-hybridized carbons (Fsp3) is 0.800. The van der Waals surface area contributed by atoms with Crippen molar-refractivity contribution < 1.29 is 0 Å². The summed E-state index contributed by atoms with van der Waals surface area (Å²) < 4.78 is 2.55. The highest BCUT2D eigenvalue weighted by molar-refractivity contribution is 5.24. The molecule has 2 aliphatic rings. The molecule has 3 heteroatoms. The molecule has 0 bridgehead atoms. The standard InChI is InChI=1S/C15H25N3/c1-15(2,3)7-9-18-13-6-8-16-10-12(13)17-14(18)11-4-5-11/h11,16H,4-10H2,1-3H3. The molecule has 3 rings (SSSR count). The topological polar surface area (TPSA) is 29.9 Å². The zero-order chi connectivity index (χ0) is 12.8. The maximum absolute atomic E-state index is 4.91. The van der Waals surface area contributed by atoms with Gasteiger partial charge >= 0.3 is 0 Å². The number of fused-ring (bicyclic) bond motifs is 1. The highest BCUT2D eigenvalue weighted by Crippen LogP contribution is 2.41. The highest BCUT2D eigenvalue weighted by Gasteiger charge is 2.31. The van der Waals surface area contributed by atoms with E-state index in [0.29, 0.717) is 5.41 Å². The van der Waals surface area contributed by atoms with E-state index in [1.54, 1.807) is 0 Å². The lowest BCUT2D eigenvalue weighted by molar-refractivity contribution is 0.344. The fourth-order valence-electron chi connectivity index (χ4n) is 2.74. The lowest BCUT2D eigenvalue weighted by atomic mass is 9.92. The monoisotopic (exact) mass is 247 g/mol. The summed E-state index contributed by atoms with van der Waals surface area (Å²) in [5.41, 5.74) is 3.24. The molecule has 3 nitrogen and oxygen atoms in total. The van der Waals surface area contributed by atoms with Gasteiger partial charge in [-0.25, -0.2) is 4.98 Å². The molecule has 0 amide bonds. The van der Waals surface area contributed by atoms with Gasteiger partial charge in [0.1, 0.15) is 5.82 Å². The van der Waals surface area contributed by atoms with E-state index in [1.807, 2.05) is 0 Å². The maximum atomic E-state index is 4.91. The molecule has 0 saturated heterocycles. The van der Waals surface area contributed by atoms with Gasteiger partial charge in [0, 0.05) is 37.7 Å². The van der Waals surface area contributed by atoms with Crippen LogP contribution in [0, 0.1) is 5.41 Å². The van der Waals surface area contributed by atoms with Crippen LogP contribution in [0.1, 0.15) is 63.2 Å². The summed E-state index contributed by atoms with van der Waals surface area (Å²) in [5, 5.41) is 3.44. The van der Waals surface area contributed by atoms with Crippen molar-refractivity contribution in [2.24, 2.45) is 5.41 Å². The van der Waals surface area contributed by atoms with Crippen molar-refractivity contribution in [3.05, 3.63) is 17.2 Å². The second kappa shape index (κ2) is 4.37. The van der Waals surface area contributed by atoms with E-state index in [-0.39, 0.29) is 0 Å². The van der Waals surface area contributed by atoms with Gasteiger partial charge in [-0.1, -0.05) is 20.8 Å². The van der Waals surface area contributed by atoms with Crippen LogP contribution in [-0.2, 0) is 19.5 Å². The van der Waals surface area contributed by atoms with Gasteiger partial charge in [0.2, 0.25) is 0 Å². The predicted octanol–water partition coefficient (Wildman–Crippen LogP) is 2.84. The average molecular weight is 247 g/mol. The third kappa shape index (κ3) is 2.46. The normalized spacial score (nSPS) is 19.9. The average Bonchev–Trinajstić information content (AvgIpc) is 3.07. The second-order valence-electron chi connectivity index (χ2n) is 7.03. The summed E-state index contributed by atoms with van der Waals surface area (Å²) in [6, 6.07) is 0. The van der Waals surface area contributed by atoms with E-state index < -0.39 is 0 Å². The van der Waals surface area contributed by atoms with Crippen molar-refractivity contribution in [3.63, 3.8) is 0 Å². The summed E-state index contributed by atoms with van der Waals surface area (Å²) in [4.78, 5) is 4.91. The van der Waals surface area contributed by atoms with Crippen LogP contribution in [0.4, 0.5) is 0 Å². The van der Waals surface area contributed by atoms with Crippen LogP contribution in [-0.4, -0.2) is 16.1 Å². The minimum Gasteiger partial charge on any atom is -0.331 e. The second-order valence-corrected chi connectivity index (χ2v) is 7.03. The number of imidazole rings is 1. The van der Waals surface area contributed by atoms with E-state index in [2.05, 4.69) is 30.7 Å². The van der Waals surface area contributed by atoms with E-state index in [1.165, 1.54) is 36.5 Å². The highest BCUT2D eigenvalue weighted by atomic mass is 15.1. The Kier molecular flexibility index (Phi) is 2.97. The molecule has 100 valence electrons. The summed E-state index contributed by atoms with van der Waals surface area (Å²) >= 11 is 0. The van der Waals surface area contributed by atoms with E-state index in [9.17, 15) is 0 Å². The lowest BCUT2D eigenvalue weighted by Crippen LogP contribution is -2.25. The minimum absolute atomic E-state index is 0.408. The first-order chi connectivity index (χ1) is 8.54. The summed E-state index contributed by atoms with van der Waals surface area (Å²) in [7, 11) is 0. The molecule has 0 unspecified atom stereocenters. The number of hydrogen-bond acceptors (Lipinski definition) is 2. The quantitative estimate of drug-likeness (QED) is 0.890. The van der Waals surface area contributed by atoms with Gasteiger partial charge in [-0.2, -0.15) is 0 Å². The molecule has 0 aromatic carbocycles. The number of aromatic nitrogens is 2. The Bertz CT molecular complexity index is 435. The van der Waals surface area contributed by atoms with Crippen LogP contribution in [0.3, 0.4) is 0 Å². The molecule has 1 fully saturated rings. The lowest BCUT2D eigenvalue weighted by Gasteiger charge is -2.21. The zero-order valence-corrected chi connectivity index (χ0v) is 11.9. The van der Waals surface area contributed by atoms with Crippen LogP contribution < -0.4 is 5.32 Å². The zero-order valence-electron chi connectivity index (χ0n) is 11.9. The van der Waals surface area contributed by atoms with Gasteiger partial charge < -0.3 is 9.88 Å². The molecular formula is C15H25N3. The number of rotatable bonds is 3. The molecule has 1 aliphatic heterocycles. The van der Waals surface area contributed by atoms with Crippen LogP contribution in [0.2, 0.25) is 0 Å². The summed E-state index contributed by atoms with van der Waals surface area (Å²) in [6.07, 6.45) is 5.08. The fourth-order valence-corrected chi connectivity index (χ4v) is 2.74. The number of hydrogen-bond donors (Lipinski definition) is 1. The molecular weight excluding hydrogens is 222 g/mol. The third-order valence-corrected chi connectivity index (χ3v) is 4.04. The molecule has 18 heavy (non-hydrogen) atoms. The van der Waals surface area contributed by atoms with Gasteiger partial charge in [0.15, 0.2) is 0 Å². The number of nitrogens with zero attached hydrogens (tertiary/aromatic N) is 2. The van der Waals surface area contributed by atoms with Gasteiger partial charge in [-0.05, 0) is 24.7 Å². The molecule has 1 N–H and O–H groups in total. The van der Waals surface area contributed by atoms with Crippen LogP contribution >= 0.6 is 0 Å². The first-order valence-electron chi connectivity index (χ1n) is 7.33. The molecule has 1 aromatic rings. The van der Waals surface area contributed by atoms with Gasteiger partial charge in [0.05, 0.1) is 5.69 Å². The molecule has 1 aliphatic carbocycles. The third-order valence-electron chi connectivity index (χ3n) is 4.04. The largest absolute Gasteiger partial charge is 0.331 e. The van der Waals surface area contributed by atoms with Gasteiger partial charge in [0.25, 0.3) is 0 Å². The van der Waals surface area contributed by atoms with Crippen molar-refractivity contribution in [2.75, 3.05) is 6.54 Å². The Labute approximate surface area is 110 Å². The van der Waals surface area contributed by atoms with Crippen molar-refractivity contribution in [1.29, 1.82) is 0 Å². The predicted molar refractivity (Wildman–Crippen MR) is 73.7 cm³/mol. The Morgan fingerprint density at radius 1 is 1.33 bits per heavy atom. The summed E-state index contributed by atoms with van der Waals surface area (Å²) in [6.45, 7) is 10.2. The molecule has 2 heterocycles. The van der Waals surface area contributed by atoms with Crippen molar-refractivity contribution >= 4 is 0 Å². The Hall–Kier alpha value is -0.830. The van der Waals surface area contributed by atoms with Crippen molar-refractivity contribution in [1.82, 2.24) is 14.9 Å². The SMILES string of the molecule is CC(C)(C)CCn1c(C2CC2)nc2c1CCNC2. The van der Waals surface area contributed by atoms with Crippen LogP contribution in [0.5, 0.6) is 0 Å². The van der Waals surface area contributed by atoms with E-state index >= 15 is 0 Å². The molecule has 1 aromatic heterocycles. The van der Waals surface area contributed by atoms with Crippen molar-refractivity contribution in [3.8, 4) is 0 Å². The minimum atomic E-state index is 0.408. The van der Waals surface area contributed by atoms with Crippen LogP contribution in [0.25, 0.3) is 0 Å². The first kappa shape index (κ1) is 12.2. The molecule has 0 atom stereocenters. The molecule has 1 saturated carbocycles. The van der Waals surface area contributed by atoms with E-state index in [4.69, 9.17) is 4.98 Å². The molecule has 0 spiro atoms. The maximum Gasteiger partial charge on any atom is 0.112 e. The van der Waals surface area contributed by atoms with Gasteiger partial charge in [-0.15, -0.1) is 0 Å². The first-order valence-corrected chi connectivity index (χ1v) is 7.33. The smallest absolute Gasteiger partial charge is 0.112 e. The molecule has 0 radical (unpaired) electrons. The summed E-state index contributed by atoms with van der Waals surface area (Å²) in [5.74, 6) is 2.14. The van der Waals surface area contributed by atoms with E-state index in [0.717, 1.165) is 32.0 Å². The van der Waals surface area contributed by atoms with Gasteiger partial charge in [-0.3, -0.25) is 0 Å². The van der Waals surface area contributed by atoms with Crippen molar-refractivity contribution in [2.45, 2.75) is 65.5 Å². The Morgan fingerprint density at radius 2 is 2.11 bits per heavy atom. The Balaban J connectivity index is 1.87. The Morgan fingerprint density at radius 3 is 2.78 bits per heavy atom. The van der Waals surface area contributed by atoms with Crippen LogP contribution in [0.15, 0.2) is 0 Å². The number of nitrogens with one attached hydrogen (secondary N) is 1.